The van der Waals surface area contributed by atoms with Crippen LogP contribution in [0.3, 0.4) is 0 Å². The number of halogens is 1. The number of rotatable bonds is 6. The molecule has 1 N–H and O–H groups in total. The zero-order chi connectivity index (χ0) is 13.8. The second kappa shape index (κ2) is 6.39. The van der Waals surface area contributed by atoms with Gasteiger partial charge in [-0.15, -0.1) is 0 Å². The minimum absolute atomic E-state index is 0.00445. The van der Waals surface area contributed by atoms with Crippen molar-refractivity contribution in [2.45, 2.75) is 18.9 Å². The van der Waals surface area contributed by atoms with Crippen molar-refractivity contribution < 1.29 is 14.6 Å². The lowest BCUT2D eigenvalue weighted by atomic mass is 10.2. The Morgan fingerprint density at radius 3 is 2.68 bits per heavy atom. The summed E-state index contributed by atoms with van der Waals surface area (Å²) in [4.78, 5) is 13.4. The number of carbonyl (C=O) groups is 1. The molecular weight excluding hydrogens is 310 g/mol. The number of hydrogen-bond acceptors (Lipinski definition) is 3. The summed E-state index contributed by atoms with van der Waals surface area (Å²) in [6.07, 6.45) is 1.73. The Kier molecular flexibility index (Phi) is 4.82. The van der Waals surface area contributed by atoms with Crippen molar-refractivity contribution in [3.05, 3.63) is 28.7 Å². The monoisotopic (exact) mass is 327 g/mol. The van der Waals surface area contributed by atoms with Gasteiger partial charge in [-0.1, -0.05) is 15.9 Å². The lowest BCUT2D eigenvalue weighted by Gasteiger charge is -2.20. The molecule has 104 valence electrons. The summed E-state index contributed by atoms with van der Waals surface area (Å²) in [5.74, 6) is 0.915. The van der Waals surface area contributed by atoms with Gasteiger partial charge >= 0.3 is 0 Å². The summed E-state index contributed by atoms with van der Waals surface area (Å²) >= 11 is 3.34. The van der Waals surface area contributed by atoms with E-state index in [1.165, 1.54) is 4.90 Å². The highest BCUT2D eigenvalue weighted by Crippen LogP contribution is 2.32. The second-order valence-corrected chi connectivity index (χ2v) is 5.84. The van der Waals surface area contributed by atoms with Crippen LogP contribution < -0.4 is 4.74 Å². The number of likely N-dealkylation sites (N-methyl/N-ethyl adjacent to an activating group) is 1. The fourth-order valence-corrected chi connectivity index (χ4v) is 2.06. The number of aliphatic hydroxyl groups is 1. The first-order valence-electron chi connectivity index (χ1n) is 6.36. The molecule has 1 saturated carbocycles. The van der Waals surface area contributed by atoms with Crippen LogP contribution in [0.2, 0.25) is 0 Å². The highest BCUT2D eigenvalue weighted by molar-refractivity contribution is 9.10. The minimum atomic E-state index is -0.401. The van der Waals surface area contributed by atoms with Gasteiger partial charge < -0.3 is 14.7 Å². The van der Waals surface area contributed by atoms with E-state index in [9.17, 15) is 9.90 Å². The van der Waals surface area contributed by atoms with Gasteiger partial charge in [0.25, 0.3) is 5.91 Å². The van der Waals surface area contributed by atoms with Gasteiger partial charge in [-0.2, -0.15) is 0 Å². The van der Waals surface area contributed by atoms with Crippen LogP contribution in [0.4, 0.5) is 0 Å². The smallest absolute Gasteiger partial charge is 0.260 e. The standard InChI is InChI=1S/C14H18BrNO3/c1-16(8-13(17)10-2-3-10)14(18)9-19-12-6-4-11(15)5-7-12/h4-7,10,13,17H,2-3,8-9H2,1H3. The maximum Gasteiger partial charge on any atom is 0.260 e. The summed E-state index contributed by atoms with van der Waals surface area (Å²) in [6, 6.07) is 7.33. The first kappa shape index (κ1) is 14.3. The molecule has 1 aliphatic rings. The van der Waals surface area contributed by atoms with Crippen LogP contribution in [0.25, 0.3) is 0 Å². The normalized spacial score (nSPS) is 15.9. The van der Waals surface area contributed by atoms with E-state index in [0.717, 1.165) is 17.3 Å². The molecule has 1 unspecified atom stereocenters. The second-order valence-electron chi connectivity index (χ2n) is 4.92. The molecule has 0 aromatic heterocycles. The van der Waals surface area contributed by atoms with E-state index < -0.39 is 6.10 Å². The van der Waals surface area contributed by atoms with Crippen molar-refractivity contribution in [2.75, 3.05) is 20.2 Å². The number of benzene rings is 1. The van der Waals surface area contributed by atoms with Crippen molar-refractivity contribution in [3.8, 4) is 5.75 Å². The molecule has 4 nitrogen and oxygen atoms in total. The van der Waals surface area contributed by atoms with Crippen LogP contribution in [-0.2, 0) is 4.79 Å². The molecule has 1 fully saturated rings. The fourth-order valence-electron chi connectivity index (χ4n) is 1.80. The lowest BCUT2D eigenvalue weighted by molar-refractivity contribution is -0.133. The topological polar surface area (TPSA) is 49.8 Å². The number of carbonyl (C=O) groups excluding carboxylic acids is 1. The van der Waals surface area contributed by atoms with E-state index in [-0.39, 0.29) is 12.5 Å². The van der Waals surface area contributed by atoms with Crippen LogP contribution >= 0.6 is 15.9 Å². The van der Waals surface area contributed by atoms with E-state index in [1.54, 1.807) is 19.2 Å². The number of ether oxygens (including phenoxy) is 1. The minimum Gasteiger partial charge on any atom is -0.484 e. The molecule has 5 heteroatoms. The molecule has 0 saturated heterocycles. The molecule has 1 aromatic carbocycles. The van der Waals surface area contributed by atoms with Gasteiger partial charge in [0.2, 0.25) is 0 Å². The molecule has 1 amide bonds. The van der Waals surface area contributed by atoms with E-state index >= 15 is 0 Å². The van der Waals surface area contributed by atoms with Gasteiger partial charge in [0.1, 0.15) is 5.75 Å². The Balaban J connectivity index is 1.75. The summed E-state index contributed by atoms with van der Waals surface area (Å²) in [5, 5.41) is 9.78. The van der Waals surface area contributed by atoms with Crippen LogP contribution in [-0.4, -0.2) is 42.2 Å². The van der Waals surface area contributed by atoms with E-state index in [1.807, 2.05) is 12.1 Å². The van der Waals surface area contributed by atoms with E-state index in [2.05, 4.69) is 15.9 Å². The van der Waals surface area contributed by atoms with E-state index in [0.29, 0.717) is 18.2 Å². The molecule has 0 heterocycles. The highest BCUT2D eigenvalue weighted by Gasteiger charge is 2.31. The van der Waals surface area contributed by atoms with Gasteiger partial charge in [-0.25, -0.2) is 0 Å². The number of amides is 1. The van der Waals surface area contributed by atoms with Gasteiger partial charge in [0, 0.05) is 18.1 Å². The Labute approximate surface area is 121 Å². The third-order valence-electron chi connectivity index (χ3n) is 3.23. The molecule has 0 radical (unpaired) electrons. The average Bonchev–Trinajstić information content (AvgIpc) is 3.21. The maximum atomic E-state index is 11.8. The molecule has 1 atom stereocenters. The van der Waals surface area contributed by atoms with Crippen molar-refractivity contribution >= 4 is 21.8 Å². The van der Waals surface area contributed by atoms with Crippen LogP contribution in [0, 0.1) is 5.92 Å². The van der Waals surface area contributed by atoms with Crippen LogP contribution in [0.15, 0.2) is 28.7 Å². The molecule has 1 aliphatic carbocycles. The first-order chi connectivity index (χ1) is 9.06. The highest BCUT2D eigenvalue weighted by atomic mass is 79.9. The van der Waals surface area contributed by atoms with Gasteiger partial charge in [-0.05, 0) is 43.0 Å². The Morgan fingerprint density at radius 1 is 1.47 bits per heavy atom. The van der Waals surface area contributed by atoms with Gasteiger partial charge in [0.05, 0.1) is 6.10 Å². The SMILES string of the molecule is CN(CC(O)C1CC1)C(=O)COc1ccc(Br)cc1. The Morgan fingerprint density at radius 2 is 2.11 bits per heavy atom. The first-order valence-corrected chi connectivity index (χ1v) is 7.16. The van der Waals surface area contributed by atoms with Crippen molar-refractivity contribution in [3.63, 3.8) is 0 Å². The van der Waals surface area contributed by atoms with E-state index in [4.69, 9.17) is 4.74 Å². The average molecular weight is 328 g/mol. The summed E-state index contributed by atoms with van der Waals surface area (Å²) in [7, 11) is 1.69. The number of hydrogen-bond donors (Lipinski definition) is 1. The van der Waals surface area contributed by atoms with Crippen molar-refractivity contribution in [2.24, 2.45) is 5.92 Å². The number of aliphatic hydroxyl groups excluding tert-OH is 1. The Bertz CT molecular complexity index is 431. The van der Waals surface area contributed by atoms with Crippen LogP contribution in [0.1, 0.15) is 12.8 Å². The lowest BCUT2D eigenvalue weighted by Crippen LogP contribution is -2.37. The predicted molar refractivity (Wildman–Crippen MR) is 76.0 cm³/mol. The molecular formula is C14H18BrNO3. The summed E-state index contributed by atoms with van der Waals surface area (Å²) in [6.45, 7) is 0.378. The molecule has 0 spiro atoms. The molecule has 0 aliphatic heterocycles. The molecule has 0 bridgehead atoms. The van der Waals surface area contributed by atoms with Crippen molar-refractivity contribution in [1.29, 1.82) is 0 Å². The quantitative estimate of drug-likeness (QED) is 0.870. The summed E-state index contributed by atoms with van der Waals surface area (Å²) < 4.78 is 6.38. The van der Waals surface area contributed by atoms with Gasteiger partial charge in [-0.3, -0.25) is 4.79 Å². The molecule has 1 aromatic rings. The zero-order valence-electron chi connectivity index (χ0n) is 10.9. The zero-order valence-corrected chi connectivity index (χ0v) is 12.5. The van der Waals surface area contributed by atoms with Gasteiger partial charge in [0.15, 0.2) is 6.61 Å². The molecule has 19 heavy (non-hydrogen) atoms. The predicted octanol–water partition coefficient (Wildman–Crippen LogP) is 2.06. The largest absolute Gasteiger partial charge is 0.484 e. The number of nitrogens with zero attached hydrogens (tertiary/aromatic N) is 1. The summed E-state index contributed by atoms with van der Waals surface area (Å²) in [5.41, 5.74) is 0. The van der Waals surface area contributed by atoms with Crippen LogP contribution in [0.5, 0.6) is 5.75 Å². The van der Waals surface area contributed by atoms with Crippen molar-refractivity contribution in [1.82, 2.24) is 4.90 Å². The Hall–Kier alpha value is -1.07. The fraction of sp³-hybridized carbons (Fsp3) is 0.500. The molecule has 2 rings (SSSR count). The third-order valence-corrected chi connectivity index (χ3v) is 3.76. The maximum absolute atomic E-state index is 11.8. The third kappa shape index (κ3) is 4.51.